The van der Waals surface area contributed by atoms with Crippen LogP contribution in [0.3, 0.4) is 0 Å². The van der Waals surface area contributed by atoms with Crippen molar-refractivity contribution < 1.29 is 77.3 Å². The normalized spacial score (nSPS) is 26.3. The van der Waals surface area contributed by atoms with Crippen LogP contribution in [-0.4, -0.2) is 230 Å². The van der Waals surface area contributed by atoms with E-state index < -0.39 is 168 Å². The number of aromatic hydroxyl groups is 1. The van der Waals surface area contributed by atoms with Gasteiger partial charge in [-0.05, 0) is 93.9 Å². The fourth-order valence-electron chi connectivity index (χ4n) is 11.1. The maximum atomic E-state index is 15.0. The van der Waals surface area contributed by atoms with Gasteiger partial charge in [-0.25, -0.2) is 4.98 Å². The summed E-state index contributed by atoms with van der Waals surface area (Å²) in [7, 11) is 4.83. The van der Waals surface area contributed by atoms with Crippen LogP contribution in [0.4, 0.5) is 0 Å². The molecule has 1 aromatic carbocycles. The quantitative estimate of drug-likeness (QED) is 0.0506. The first-order chi connectivity index (χ1) is 47.2. The highest BCUT2D eigenvalue weighted by molar-refractivity contribution is 8.77. The zero-order valence-corrected chi connectivity index (χ0v) is 59.0. The Bertz CT molecular complexity index is 3150. The molecule has 99 heavy (non-hydrogen) atoms. The Morgan fingerprint density at radius 2 is 1.29 bits per heavy atom. The molecule has 2 aromatic rings. The molecule has 5 heterocycles. The highest BCUT2D eigenvalue weighted by Gasteiger charge is 2.44. The number of carbonyl (C=O) groups is 14. The maximum Gasteiger partial charge on any atom is 0.246 e. The van der Waals surface area contributed by atoms with Gasteiger partial charge in [0.15, 0.2) is 0 Å². The molecule has 6 rings (SSSR count). The molecule has 0 radical (unpaired) electrons. The van der Waals surface area contributed by atoms with Crippen molar-refractivity contribution in [3.63, 3.8) is 0 Å². The number of benzene rings is 1. The van der Waals surface area contributed by atoms with E-state index in [0.717, 1.165) is 4.90 Å². The third-order valence-corrected chi connectivity index (χ3v) is 21.5. The largest absolute Gasteiger partial charge is 0.508 e. The molecule has 4 aliphatic rings. The smallest absolute Gasteiger partial charge is 0.246 e. The van der Waals surface area contributed by atoms with Gasteiger partial charge in [0, 0.05) is 67.1 Å². The molecule has 19 N–H and O–H groups in total. The Balaban J connectivity index is 1.39. The van der Waals surface area contributed by atoms with E-state index in [9.17, 15) is 77.3 Å². The summed E-state index contributed by atoms with van der Waals surface area (Å²) in [6, 6.07) is -8.94. The Morgan fingerprint density at radius 3 is 1.92 bits per heavy atom. The number of phenols is 1. The maximum absolute atomic E-state index is 15.0. The number of hydrogen-bond donors (Lipinski definition) is 17. The van der Waals surface area contributed by atoms with E-state index in [1.165, 1.54) is 80.0 Å². The number of nitrogens with zero attached hydrogens (tertiary/aromatic N) is 2. The second-order valence-electron chi connectivity index (χ2n) is 25.2. The first kappa shape index (κ1) is 80.1. The van der Waals surface area contributed by atoms with Crippen molar-refractivity contribution in [2.75, 3.05) is 49.2 Å². The molecule has 1 aromatic heterocycles. The SMILES string of the molecule is CC(C)C[C@@H]1NC(=O)[C@H](CCCCN)NC(=O)[C@H](Cc2ccc(O)cc2)NC(=O)CNC(=O)[C@@H]2CCSSCC[C@H](NC1=O)C(=O)N[C@@H](Cc1cnc[nH]1)C(=O)N1C[C@H](O)C[C@H]1C(=O)N[C@H](C(N)=O)CCSSCC[C@H](NC(=O)[C@@H](NC(=O)CNC(=O)[C@@H]1CCC(=O)N1)C(C)C)C(=O)N2. The van der Waals surface area contributed by atoms with Crippen LogP contribution in [0.5, 0.6) is 5.75 Å². The van der Waals surface area contributed by atoms with E-state index in [4.69, 9.17) is 11.5 Å². The molecule has 0 spiro atoms. The lowest BCUT2D eigenvalue weighted by molar-refractivity contribution is -0.142. The molecule has 2 bridgehead atoms. The zero-order chi connectivity index (χ0) is 72.3. The minimum Gasteiger partial charge on any atom is -0.508 e. The van der Waals surface area contributed by atoms with Gasteiger partial charge in [-0.2, -0.15) is 0 Å². The molecule has 12 atom stereocenters. The molecule has 0 saturated carbocycles. The van der Waals surface area contributed by atoms with Gasteiger partial charge in [0.05, 0.1) is 25.5 Å². The summed E-state index contributed by atoms with van der Waals surface area (Å²) in [5.74, 6) is -11.5. The van der Waals surface area contributed by atoms with Crippen molar-refractivity contribution in [2.24, 2.45) is 23.3 Å². The number of H-pyrrole nitrogens is 1. The molecule has 14 amide bonds. The minimum absolute atomic E-state index is 0.00395. The van der Waals surface area contributed by atoms with Gasteiger partial charge >= 0.3 is 0 Å². The summed E-state index contributed by atoms with van der Waals surface area (Å²) in [6.45, 7) is 5.40. The molecule has 546 valence electrons. The lowest BCUT2D eigenvalue weighted by Crippen LogP contribution is -2.60. The first-order valence-corrected chi connectivity index (χ1v) is 38.0. The number of amides is 14. The summed E-state index contributed by atoms with van der Waals surface area (Å²) < 4.78 is 0. The summed E-state index contributed by atoms with van der Waals surface area (Å²) in [5.41, 5.74) is 12.5. The van der Waals surface area contributed by atoms with Crippen LogP contribution in [0, 0.1) is 11.8 Å². The van der Waals surface area contributed by atoms with Crippen LogP contribution in [0.2, 0.25) is 0 Å². The fourth-order valence-corrected chi connectivity index (χ4v) is 15.5. The van der Waals surface area contributed by atoms with E-state index in [-0.39, 0.29) is 124 Å². The van der Waals surface area contributed by atoms with E-state index in [2.05, 4.69) is 73.8 Å². The molecule has 33 nitrogen and oxygen atoms in total. The molecule has 0 unspecified atom stereocenters. The zero-order valence-electron chi connectivity index (χ0n) is 55.7. The van der Waals surface area contributed by atoms with Gasteiger partial charge in [-0.1, -0.05) is 83.0 Å². The number of hydrogen-bond acceptors (Lipinski definition) is 22. The Labute approximate surface area is 588 Å². The monoisotopic (exact) mass is 1460 g/mol. The predicted molar refractivity (Wildman–Crippen MR) is 369 cm³/mol. The Kier molecular flexibility index (Phi) is 32.7. The van der Waals surface area contributed by atoms with E-state index >= 15 is 0 Å². The number of nitrogens with two attached hydrogens (primary N) is 2. The molecule has 4 fully saturated rings. The van der Waals surface area contributed by atoms with Crippen molar-refractivity contribution in [1.82, 2.24) is 78.7 Å². The summed E-state index contributed by atoms with van der Waals surface area (Å²) in [6.07, 6.45) is 1.56. The van der Waals surface area contributed by atoms with Crippen molar-refractivity contribution in [2.45, 2.75) is 184 Å². The Morgan fingerprint density at radius 1 is 0.667 bits per heavy atom. The highest BCUT2D eigenvalue weighted by Crippen LogP contribution is 2.27. The highest BCUT2D eigenvalue weighted by atomic mass is 33.1. The summed E-state index contributed by atoms with van der Waals surface area (Å²) in [5, 5.41) is 53.0. The summed E-state index contributed by atoms with van der Waals surface area (Å²) in [4.78, 5) is 205. The number of aliphatic hydroxyl groups is 1. The minimum atomic E-state index is -1.47. The molecular weight excluding hydrogens is 1370 g/mol. The van der Waals surface area contributed by atoms with Gasteiger partial charge in [0.2, 0.25) is 82.7 Å². The fraction of sp³-hybridized carbons (Fsp3) is 0.629. The molecule has 0 aliphatic carbocycles. The van der Waals surface area contributed by atoms with Gasteiger partial charge in [0.25, 0.3) is 0 Å². The van der Waals surface area contributed by atoms with Crippen LogP contribution in [0.15, 0.2) is 36.8 Å². The second kappa shape index (κ2) is 40.4. The number of imidazole rings is 1. The van der Waals surface area contributed by atoms with E-state index in [1.54, 1.807) is 27.7 Å². The number of nitrogens with one attached hydrogen (secondary N) is 13. The van der Waals surface area contributed by atoms with Crippen LogP contribution in [0.1, 0.15) is 110 Å². The van der Waals surface area contributed by atoms with Crippen LogP contribution < -0.4 is 75.3 Å². The predicted octanol–water partition coefficient (Wildman–Crippen LogP) is -3.60. The third-order valence-electron chi connectivity index (χ3n) is 16.5. The lowest BCUT2D eigenvalue weighted by Gasteiger charge is -2.31. The average molecular weight is 1460 g/mol. The van der Waals surface area contributed by atoms with Gasteiger partial charge in [-0.15, -0.1) is 0 Å². The molecule has 4 aliphatic heterocycles. The number of aromatic amines is 1. The molecular formula is C62H93N17O16S4. The standard InChI is InChI=1S/C62H93N17O16S4/c1-32(2)23-44-58(91)74-42-16-21-99-97-20-15-41(54(87)66-28-49(83)70-45(24-34-8-10-36(80)11-9-34)59(92)72-39(55(88)76-44)7-5-6-18-63)73-56(89)43(75-61(94)51(33(3)4)78-50(84)29-67-53(86)40-12-13-48(82)69-40)17-22-98-96-19-14-38(52(64)85)71-60(93)47-26-37(81)30-79(47)62(95)46(77-57(42)90)25-35-27-65-31-68-35/h8-11,27,31-33,37-47,51,80-81H,5-7,12-26,28-30,63H2,1-4H3,(H2,64,85)(H,65,68)(H,66,87)(H,67,86)(H,69,82)(H,70,83)(H,71,93)(H,72,92)(H,73,89)(H,74,91)(H,75,94)(H,76,88)(H,77,90)(H,78,84)/t37-,38+,39+,40+,41+,42+,43+,44+,45+,46+,47+,51+/m1/s1. The number of fused-ring (bicyclic) bond motifs is 8. The van der Waals surface area contributed by atoms with Gasteiger partial charge in [-0.3, -0.25) is 67.1 Å². The summed E-state index contributed by atoms with van der Waals surface area (Å²) >= 11 is 0. The van der Waals surface area contributed by atoms with Crippen molar-refractivity contribution in [1.29, 1.82) is 0 Å². The number of aliphatic hydroxyl groups excluding tert-OH is 1. The van der Waals surface area contributed by atoms with Gasteiger partial charge < -0.3 is 95.4 Å². The first-order valence-electron chi connectivity index (χ1n) is 33.0. The van der Waals surface area contributed by atoms with Crippen molar-refractivity contribution in [3.05, 3.63) is 48.0 Å². The topological polar surface area (TPSA) is 508 Å². The molecule has 4 saturated heterocycles. The van der Waals surface area contributed by atoms with E-state index in [1.807, 2.05) is 0 Å². The lowest BCUT2D eigenvalue weighted by atomic mass is 10.0. The third kappa shape index (κ3) is 26.3. The van der Waals surface area contributed by atoms with Crippen molar-refractivity contribution >= 4 is 126 Å². The molecule has 37 heteroatoms. The van der Waals surface area contributed by atoms with Crippen LogP contribution >= 0.6 is 43.2 Å². The van der Waals surface area contributed by atoms with Crippen LogP contribution in [-0.2, 0) is 80.0 Å². The van der Waals surface area contributed by atoms with Gasteiger partial charge in [0.1, 0.15) is 72.2 Å². The van der Waals surface area contributed by atoms with E-state index in [0.29, 0.717) is 24.1 Å². The second-order valence-corrected chi connectivity index (χ2v) is 30.6. The number of rotatable bonds is 18. The Hall–Kier alpha value is -7.87. The van der Waals surface area contributed by atoms with Crippen LogP contribution in [0.25, 0.3) is 0 Å². The number of phenolic OH excluding ortho intramolecular Hbond substituents is 1. The number of primary amides is 1. The van der Waals surface area contributed by atoms with Crippen molar-refractivity contribution in [3.8, 4) is 5.75 Å². The average Bonchev–Trinajstić information content (AvgIpc) is 1.71. The number of carbonyl (C=O) groups excluding carboxylic acids is 14. The number of aromatic nitrogens is 2. The number of unbranched alkanes of at least 4 members (excludes halogenated alkanes) is 1.